The maximum absolute atomic E-state index is 12.6. The summed E-state index contributed by atoms with van der Waals surface area (Å²) in [5, 5.41) is 0. The Balaban J connectivity index is 1.50. The van der Waals surface area contributed by atoms with Crippen LogP contribution in [0.15, 0.2) is 48.8 Å². The van der Waals surface area contributed by atoms with Crippen molar-refractivity contribution in [1.29, 1.82) is 0 Å². The molecule has 2 aromatic carbocycles. The van der Waals surface area contributed by atoms with E-state index in [1.165, 1.54) is 11.1 Å². The van der Waals surface area contributed by atoms with Gasteiger partial charge < -0.3 is 4.74 Å². The van der Waals surface area contributed by atoms with Crippen molar-refractivity contribution in [2.75, 3.05) is 0 Å². The van der Waals surface area contributed by atoms with Gasteiger partial charge in [-0.15, -0.1) is 0 Å². The number of ketones is 1. The van der Waals surface area contributed by atoms with Crippen LogP contribution in [0.3, 0.4) is 0 Å². The molecule has 1 aliphatic carbocycles. The van der Waals surface area contributed by atoms with Crippen LogP contribution in [-0.2, 0) is 17.6 Å². The predicted octanol–water partition coefficient (Wildman–Crippen LogP) is 3.55. The molecular weight excluding hydrogens is 328 g/mol. The third-order valence-electron chi connectivity index (χ3n) is 4.74. The largest absolute Gasteiger partial charge is 0.451 e. The quantitative estimate of drug-likeness (QED) is 0.534. The standard InChI is InChI=1S/C21H18N2O3/c1-13(20(24)16-6-5-14-3-2-4-15(14)11-16)26-21(25)17-7-8-18-19(12-17)23-10-9-22-18/h5-13H,2-4H2,1H3/t13-/m0/s1. The Kier molecular flexibility index (Phi) is 4.21. The molecule has 0 bridgehead atoms. The van der Waals surface area contributed by atoms with Gasteiger partial charge in [-0.1, -0.05) is 12.1 Å². The summed E-state index contributed by atoms with van der Waals surface area (Å²) in [6, 6.07) is 10.7. The average molecular weight is 346 g/mol. The molecule has 1 atom stereocenters. The minimum atomic E-state index is -0.848. The van der Waals surface area contributed by atoms with Gasteiger partial charge in [-0.3, -0.25) is 14.8 Å². The summed E-state index contributed by atoms with van der Waals surface area (Å²) >= 11 is 0. The van der Waals surface area contributed by atoms with Crippen LogP contribution in [0.2, 0.25) is 0 Å². The van der Waals surface area contributed by atoms with Crippen molar-refractivity contribution < 1.29 is 14.3 Å². The van der Waals surface area contributed by atoms with Crippen LogP contribution in [-0.4, -0.2) is 27.8 Å². The second kappa shape index (κ2) is 6.67. The highest BCUT2D eigenvalue weighted by molar-refractivity contribution is 6.02. The van der Waals surface area contributed by atoms with Crippen molar-refractivity contribution >= 4 is 22.8 Å². The zero-order valence-corrected chi connectivity index (χ0v) is 14.4. The normalized spacial score (nSPS) is 14.0. The molecule has 0 saturated carbocycles. The van der Waals surface area contributed by atoms with Gasteiger partial charge in [-0.2, -0.15) is 0 Å². The lowest BCUT2D eigenvalue weighted by atomic mass is 10.0. The molecule has 130 valence electrons. The van der Waals surface area contributed by atoms with E-state index in [0.717, 1.165) is 19.3 Å². The lowest BCUT2D eigenvalue weighted by Gasteiger charge is -2.13. The Bertz CT molecular complexity index is 1010. The van der Waals surface area contributed by atoms with Gasteiger partial charge in [0, 0.05) is 18.0 Å². The molecule has 0 spiro atoms. The van der Waals surface area contributed by atoms with Gasteiger partial charge in [0.15, 0.2) is 6.10 Å². The molecule has 1 heterocycles. The number of carbonyl (C=O) groups is 2. The second-order valence-corrected chi connectivity index (χ2v) is 6.51. The van der Waals surface area contributed by atoms with E-state index in [0.29, 0.717) is 22.2 Å². The summed E-state index contributed by atoms with van der Waals surface area (Å²) in [6.45, 7) is 1.61. The Hall–Kier alpha value is -3.08. The van der Waals surface area contributed by atoms with Gasteiger partial charge >= 0.3 is 5.97 Å². The lowest BCUT2D eigenvalue weighted by molar-refractivity contribution is 0.0319. The number of hydrogen-bond acceptors (Lipinski definition) is 5. The predicted molar refractivity (Wildman–Crippen MR) is 97.2 cm³/mol. The van der Waals surface area contributed by atoms with E-state index in [1.807, 2.05) is 18.2 Å². The summed E-state index contributed by atoms with van der Waals surface area (Å²) < 4.78 is 5.38. The van der Waals surface area contributed by atoms with E-state index in [9.17, 15) is 9.59 Å². The number of fused-ring (bicyclic) bond motifs is 2. The van der Waals surface area contributed by atoms with E-state index in [1.54, 1.807) is 37.5 Å². The summed E-state index contributed by atoms with van der Waals surface area (Å²) in [6.07, 6.45) is 5.51. The van der Waals surface area contributed by atoms with Gasteiger partial charge in [0.25, 0.3) is 0 Å². The van der Waals surface area contributed by atoms with Gasteiger partial charge in [0.2, 0.25) is 5.78 Å². The first-order valence-electron chi connectivity index (χ1n) is 8.69. The van der Waals surface area contributed by atoms with Gasteiger partial charge in [0.1, 0.15) is 0 Å². The van der Waals surface area contributed by atoms with Crippen molar-refractivity contribution in [3.63, 3.8) is 0 Å². The third kappa shape index (κ3) is 3.08. The fraction of sp³-hybridized carbons (Fsp3) is 0.238. The minimum Gasteiger partial charge on any atom is -0.451 e. The molecule has 5 heteroatoms. The number of esters is 1. The van der Waals surface area contributed by atoms with Crippen LogP contribution >= 0.6 is 0 Å². The molecule has 3 aromatic rings. The molecule has 26 heavy (non-hydrogen) atoms. The third-order valence-corrected chi connectivity index (χ3v) is 4.74. The molecule has 0 aliphatic heterocycles. The zero-order chi connectivity index (χ0) is 18.1. The summed E-state index contributed by atoms with van der Waals surface area (Å²) in [5.41, 5.74) is 4.79. The average Bonchev–Trinajstić information content (AvgIpc) is 3.14. The first-order valence-corrected chi connectivity index (χ1v) is 8.69. The maximum atomic E-state index is 12.6. The fourth-order valence-electron chi connectivity index (χ4n) is 3.33. The smallest absolute Gasteiger partial charge is 0.338 e. The molecule has 5 nitrogen and oxygen atoms in total. The number of benzene rings is 2. The van der Waals surface area contributed by atoms with E-state index in [-0.39, 0.29) is 5.78 Å². The number of carbonyl (C=O) groups excluding carboxylic acids is 2. The van der Waals surface area contributed by atoms with Crippen molar-refractivity contribution in [2.24, 2.45) is 0 Å². The molecule has 0 amide bonds. The summed E-state index contributed by atoms with van der Waals surface area (Å²) in [5.74, 6) is -0.729. The molecule has 0 radical (unpaired) electrons. The topological polar surface area (TPSA) is 69.2 Å². The van der Waals surface area contributed by atoms with Crippen molar-refractivity contribution in [2.45, 2.75) is 32.3 Å². The van der Waals surface area contributed by atoms with E-state index in [2.05, 4.69) is 9.97 Å². The summed E-state index contributed by atoms with van der Waals surface area (Å²) in [7, 11) is 0. The van der Waals surface area contributed by atoms with Crippen LogP contribution in [0.25, 0.3) is 11.0 Å². The highest BCUT2D eigenvalue weighted by Gasteiger charge is 2.22. The van der Waals surface area contributed by atoms with Gasteiger partial charge in [0.05, 0.1) is 16.6 Å². The molecule has 4 rings (SSSR count). The van der Waals surface area contributed by atoms with Crippen molar-refractivity contribution in [1.82, 2.24) is 9.97 Å². The van der Waals surface area contributed by atoms with Gasteiger partial charge in [-0.05, 0) is 61.6 Å². The van der Waals surface area contributed by atoms with Crippen molar-refractivity contribution in [3.05, 3.63) is 71.0 Å². The van der Waals surface area contributed by atoms with Gasteiger partial charge in [-0.25, -0.2) is 4.79 Å². The van der Waals surface area contributed by atoms with Crippen LogP contribution in [0.1, 0.15) is 45.2 Å². The van der Waals surface area contributed by atoms with Crippen molar-refractivity contribution in [3.8, 4) is 0 Å². The molecule has 0 N–H and O–H groups in total. The lowest BCUT2D eigenvalue weighted by Crippen LogP contribution is -2.24. The van der Waals surface area contributed by atoms with Crippen LogP contribution in [0, 0.1) is 0 Å². The fourth-order valence-corrected chi connectivity index (χ4v) is 3.33. The minimum absolute atomic E-state index is 0.186. The molecule has 0 unspecified atom stereocenters. The highest BCUT2D eigenvalue weighted by Crippen LogP contribution is 2.24. The molecule has 1 aromatic heterocycles. The Morgan fingerprint density at radius 1 is 0.923 bits per heavy atom. The van der Waals surface area contributed by atoms with Crippen LogP contribution < -0.4 is 0 Å². The number of hydrogen-bond donors (Lipinski definition) is 0. The number of nitrogens with zero attached hydrogens (tertiary/aromatic N) is 2. The monoisotopic (exact) mass is 346 g/mol. The number of rotatable bonds is 4. The Morgan fingerprint density at radius 2 is 1.65 bits per heavy atom. The number of Topliss-reactive ketones (excluding diaryl/α,β-unsaturated/α-hetero) is 1. The first kappa shape index (κ1) is 16.4. The van der Waals surface area contributed by atoms with Crippen LogP contribution in [0.5, 0.6) is 0 Å². The number of aryl methyl sites for hydroxylation is 2. The van der Waals surface area contributed by atoms with E-state index in [4.69, 9.17) is 4.74 Å². The van der Waals surface area contributed by atoms with E-state index >= 15 is 0 Å². The molecular formula is C21H18N2O3. The number of aromatic nitrogens is 2. The first-order chi connectivity index (χ1) is 12.6. The van der Waals surface area contributed by atoms with E-state index < -0.39 is 12.1 Å². The maximum Gasteiger partial charge on any atom is 0.338 e. The molecule has 0 fully saturated rings. The zero-order valence-electron chi connectivity index (χ0n) is 14.4. The van der Waals surface area contributed by atoms with Crippen LogP contribution in [0.4, 0.5) is 0 Å². The summed E-state index contributed by atoms with van der Waals surface area (Å²) in [4.78, 5) is 33.4. The Labute approximate surface area is 151 Å². The SMILES string of the molecule is C[C@H](OC(=O)c1ccc2nccnc2c1)C(=O)c1ccc2c(c1)CCC2. The molecule has 0 saturated heterocycles. The second-order valence-electron chi connectivity index (χ2n) is 6.51. The molecule has 1 aliphatic rings. The Morgan fingerprint density at radius 3 is 2.50 bits per heavy atom. The highest BCUT2D eigenvalue weighted by atomic mass is 16.5. The number of ether oxygens (including phenoxy) is 1.